The highest BCUT2D eigenvalue weighted by atomic mass is 32.2. The fraction of sp³-hybridized carbons (Fsp3) is 0.654. The Morgan fingerprint density at radius 3 is 2.37 bits per heavy atom. The molecule has 2 atom stereocenters. The monoisotopic (exact) mass is 555 g/mol. The van der Waals surface area contributed by atoms with Crippen LogP contribution < -0.4 is 5.32 Å². The Bertz CT molecular complexity index is 1300. The summed E-state index contributed by atoms with van der Waals surface area (Å²) < 4.78 is 67.4. The SMILES string of the molecule is Cc1ccc(NC(=O)[C@H]2CN(S(=O)(=O)C(F)(F)F)C[C@@H]2c2nnc(CCCC(C)(C)C)n2C2CC2)c(C)c1. The number of aromatic nitrogens is 3. The van der Waals surface area contributed by atoms with E-state index in [1.165, 1.54) is 0 Å². The molecule has 1 aromatic carbocycles. The Hall–Kier alpha value is -2.47. The summed E-state index contributed by atoms with van der Waals surface area (Å²) in [6, 6.07) is 5.55. The number of sulfonamides is 1. The Kier molecular flexibility index (Phi) is 7.70. The van der Waals surface area contributed by atoms with Crippen LogP contribution in [0, 0.1) is 25.2 Å². The molecule has 1 aromatic heterocycles. The predicted octanol–water partition coefficient (Wildman–Crippen LogP) is 5.10. The first kappa shape index (κ1) is 28.5. The van der Waals surface area contributed by atoms with Crippen molar-refractivity contribution in [1.82, 2.24) is 19.1 Å². The summed E-state index contributed by atoms with van der Waals surface area (Å²) in [6.07, 6.45) is 4.24. The van der Waals surface area contributed by atoms with Crippen LogP contribution in [0.25, 0.3) is 0 Å². The van der Waals surface area contributed by atoms with Crippen LogP contribution in [0.2, 0.25) is 0 Å². The lowest BCUT2D eigenvalue weighted by atomic mass is 9.90. The van der Waals surface area contributed by atoms with Crippen molar-refractivity contribution in [1.29, 1.82) is 0 Å². The molecule has 0 unspecified atom stereocenters. The van der Waals surface area contributed by atoms with E-state index in [0.717, 1.165) is 42.6 Å². The molecule has 1 saturated heterocycles. The van der Waals surface area contributed by atoms with Gasteiger partial charge in [0, 0.05) is 37.2 Å². The van der Waals surface area contributed by atoms with Gasteiger partial charge in [-0.1, -0.05) is 38.5 Å². The molecule has 38 heavy (non-hydrogen) atoms. The minimum absolute atomic E-state index is 0.112. The quantitative estimate of drug-likeness (QED) is 0.489. The third-order valence-corrected chi connectivity index (χ3v) is 8.82. The van der Waals surface area contributed by atoms with Crippen molar-refractivity contribution in [3.05, 3.63) is 41.0 Å². The number of nitrogens with one attached hydrogen (secondary N) is 1. The maximum atomic E-state index is 13.5. The molecule has 0 spiro atoms. The Labute approximate surface area is 222 Å². The molecule has 8 nitrogen and oxygen atoms in total. The highest BCUT2D eigenvalue weighted by molar-refractivity contribution is 7.90. The van der Waals surface area contributed by atoms with Crippen LogP contribution in [-0.4, -0.2) is 52.0 Å². The number of hydrogen-bond donors (Lipinski definition) is 1. The molecule has 4 rings (SSSR count). The van der Waals surface area contributed by atoms with Crippen LogP contribution in [0.5, 0.6) is 0 Å². The lowest BCUT2D eigenvalue weighted by Gasteiger charge is -2.20. The number of benzene rings is 1. The summed E-state index contributed by atoms with van der Waals surface area (Å²) in [5.41, 5.74) is -2.99. The normalized spacial score (nSPS) is 21.2. The standard InChI is InChI=1S/C26H36F3N5O3S/c1-16-8-11-21(17(2)13-16)30-24(35)20-15-33(38(36,37)26(27,28)29)14-19(20)23-32-31-22(34(23)18-9-10-18)7-6-12-25(3,4)5/h8,11,13,18-20H,6-7,9-10,12,14-15H2,1-5H3,(H,30,35)/t19-,20-/m0/s1. The fourth-order valence-corrected chi connectivity index (χ4v) is 6.09. The second kappa shape index (κ2) is 10.3. The zero-order valence-corrected chi connectivity index (χ0v) is 23.3. The summed E-state index contributed by atoms with van der Waals surface area (Å²) in [7, 11) is -5.62. The van der Waals surface area contributed by atoms with Gasteiger partial charge in [-0.2, -0.15) is 17.5 Å². The third kappa shape index (κ3) is 6.06. The van der Waals surface area contributed by atoms with Crippen molar-refractivity contribution >= 4 is 21.6 Å². The van der Waals surface area contributed by atoms with Crippen LogP contribution in [0.1, 0.15) is 81.2 Å². The number of alkyl halides is 3. The maximum absolute atomic E-state index is 13.5. The van der Waals surface area contributed by atoms with E-state index >= 15 is 0 Å². The van der Waals surface area contributed by atoms with Crippen LogP contribution in [0.3, 0.4) is 0 Å². The highest BCUT2D eigenvalue weighted by Crippen LogP contribution is 2.43. The minimum Gasteiger partial charge on any atom is -0.326 e. The summed E-state index contributed by atoms with van der Waals surface area (Å²) in [5, 5.41) is 11.5. The second-order valence-electron chi connectivity index (χ2n) is 11.8. The summed E-state index contributed by atoms with van der Waals surface area (Å²) >= 11 is 0. The second-order valence-corrected chi connectivity index (χ2v) is 13.7. The number of anilines is 1. The molecule has 2 aromatic rings. The Morgan fingerprint density at radius 1 is 1.11 bits per heavy atom. The Morgan fingerprint density at radius 2 is 1.79 bits per heavy atom. The number of hydrogen-bond acceptors (Lipinski definition) is 5. The van der Waals surface area contributed by atoms with Crippen molar-refractivity contribution in [3.8, 4) is 0 Å². The molecule has 2 aliphatic rings. The zero-order valence-electron chi connectivity index (χ0n) is 22.5. The van der Waals surface area contributed by atoms with Gasteiger partial charge in [0.2, 0.25) is 5.91 Å². The number of nitrogens with zero attached hydrogens (tertiary/aromatic N) is 4. The van der Waals surface area contributed by atoms with Gasteiger partial charge in [-0.3, -0.25) is 4.79 Å². The predicted molar refractivity (Wildman–Crippen MR) is 138 cm³/mol. The van der Waals surface area contributed by atoms with Crippen LogP contribution >= 0.6 is 0 Å². The number of halogens is 3. The molecule has 0 radical (unpaired) electrons. The van der Waals surface area contributed by atoms with Gasteiger partial charge in [-0.25, -0.2) is 8.42 Å². The zero-order chi connectivity index (χ0) is 28.0. The molecule has 1 aliphatic heterocycles. The number of aryl methyl sites for hydroxylation is 3. The summed E-state index contributed by atoms with van der Waals surface area (Å²) in [6.45, 7) is 9.11. The average molecular weight is 556 g/mol. The van der Waals surface area contributed by atoms with E-state index in [-0.39, 0.29) is 11.5 Å². The van der Waals surface area contributed by atoms with E-state index in [2.05, 4.69) is 36.3 Å². The molecule has 2 heterocycles. The van der Waals surface area contributed by atoms with E-state index in [4.69, 9.17) is 0 Å². The summed E-state index contributed by atoms with van der Waals surface area (Å²) in [4.78, 5) is 13.5. The lowest BCUT2D eigenvalue weighted by Crippen LogP contribution is -2.40. The first-order valence-corrected chi connectivity index (χ1v) is 14.4. The molecule has 2 fully saturated rings. The van der Waals surface area contributed by atoms with Crippen molar-refractivity contribution in [2.75, 3.05) is 18.4 Å². The van der Waals surface area contributed by atoms with Crippen LogP contribution in [-0.2, 0) is 21.2 Å². The van der Waals surface area contributed by atoms with Gasteiger partial charge in [0.15, 0.2) is 0 Å². The number of amides is 1. The van der Waals surface area contributed by atoms with Crippen molar-refractivity contribution in [2.24, 2.45) is 11.3 Å². The molecular formula is C26H36F3N5O3S. The van der Waals surface area contributed by atoms with Crippen LogP contribution in [0.15, 0.2) is 18.2 Å². The molecule has 1 saturated carbocycles. The first-order valence-electron chi connectivity index (χ1n) is 13.0. The first-order chi connectivity index (χ1) is 17.6. The third-order valence-electron chi connectivity index (χ3n) is 7.26. The maximum Gasteiger partial charge on any atom is 0.511 e. The van der Waals surface area contributed by atoms with Gasteiger partial charge in [0.25, 0.3) is 0 Å². The van der Waals surface area contributed by atoms with Gasteiger partial charge >= 0.3 is 15.5 Å². The van der Waals surface area contributed by atoms with Crippen molar-refractivity contribution < 1.29 is 26.4 Å². The van der Waals surface area contributed by atoms with E-state index in [9.17, 15) is 26.4 Å². The largest absolute Gasteiger partial charge is 0.511 e. The van der Waals surface area contributed by atoms with Crippen molar-refractivity contribution in [2.45, 2.75) is 84.2 Å². The number of carbonyl (C=O) groups is 1. The number of rotatable bonds is 8. The molecule has 12 heteroatoms. The molecule has 210 valence electrons. The summed E-state index contributed by atoms with van der Waals surface area (Å²) in [5.74, 6) is -1.34. The molecule has 1 amide bonds. The molecule has 1 aliphatic carbocycles. The topological polar surface area (TPSA) is 97.2 Å². The van der Waals surface area contributed by atoms with Gasteiger partial charge in [0.05, 0.1) is 5.92 Å². The van der Waals surface area contributed by atoms with Gasteiger partial charge < -0.3 is 9.88 Å². The fourth-order valence-electron chi connectivity index (χ4n) is 5.09. The van der Waals surface area contributed by atoms with E-state index < -0.39 is 46.4 Å². The molecule has 1 N–H and O–H groups in total. The van der Waals surface area contributed by atoms with E-state index in [0.29, 0.717) is 22.2 Å². The van der Waals surface area contributed by atoms with Crippen molar-refractivity contribution in [3.63, 3.8) is 0 Å². The van der Waals surface area contributed by atoms with E-state index in [1.807, 2.05) is 30.5 Å². The van der Waals surface area contributed by atoms with Gasteiger partial charge in [-0.05, 0) is 56.6 Å². The van der Waals surface area contributed by atoms with Gasteiger partial charge in [0.1, 0.15) is 11.6 Å². The molecule has 0 bridgehead atoms. The van der Waals surface area contributed by atoms with E-state index in [1.54, 1.807) is 6.07 Å². The Balaban J connectivity index is 1.67. The lowest BCUT2D eigenvalue weighted by molar-refractivity contribution is -0.119. The molecular weight excluding hydrogens is 519 g/mol. The minimum atomic E-state index is -5.62. The average Bonchev–Trinajstić information content (AvgIpc) is 3.37. The van der Waals surface area contributed by atoms with Crippen LogP contribution in [0.4, 0.5) is 18.9 Å². The number of carbonyl (C=O) groups excluding carboxylic acids is 1. The van der Waals surface area contributed by atoms with Gasteiger partial charge in [-0.15, -0.1) is 10.2 Å². The smallest absolute Gasteiger partial charge is 0.326 e. The highest BCUT2D eigenvalue weighted by Gasteiger charge is 2.55.